The average molecular weight is 261 g/mol. The zero-order valence-corrected chi connectivity index (χ0v) is 10.2. The number of carbonyl (C=O) groups is 1. The Morgan fingerprint density at radius 3 is 2.67 bits per heavy atom. The lowest BCUT2D eigenvalue weighted by Crippen LogP contribution is -2.57. The van der Waals surface area contributed by atoms with Crippen molar-refractivity contribution in [1.29, 1.82) is 0 Å². The predicted molar refractivity (Wildman–Crippen MR) is 61.5 cm³/mol. The van der Waals surface area contributed by atoms with E-state index in [1.807, 2.05) is 0 Å². The summed E-state index contributed by atoms with van der Waals surface area (Å²) < 4.78 is 10.4. The molecule has 1 amide bonds. The van der Waals surface area contributed by atoms with Gasteiger partial charge in [-0.3, -0.25) is 4.79 Å². The number of carbonyl (C=O) groups excluding carboxylic acids is 1. The van der Waals surface area contributed by atoms with Gasteiger partial charge in [0, 0.05) is 6.54 Å². The van der Waals surface area contributed by atoms with Crippen LogP contribution in [0.1, 0.15) is 6.92 Å². The van der Waals surface area contributed by atoms with Crippen molar-refractivity contribution in [2.45, 2.75) is 37.6 Å². The van der Waals surface area contributed by atoms with Gasteiger partial charge in [0.15, 0.2) is 6.29 Å². The number of rotatable bonds is 5. The molecule has 0 radical (unpaired) electrons. The third-order valence-electron chi connectivity index (χ3n) is 2.68. The minimum absolute atomic E-state index is 0.108. The lowest BCUT2D eigenvalue weighted by molar-refractivity contribution is -0.292. The largest absolute Gasteiger partial charge is 0.388 e. The molecule has 0 aromatic rings. The molecule has 1 heterocycles. The average Bonchev–Trinajstić information content (AvgIpc) is 2.37. The highest BCUT2D eigenvalue weighted by atomic mass is 16.7. The Balaban J connectivity index is 2.33. The first kappa shape index (κ1) is 15.1. The van der Waals surface area contributed by atoms with Crippen LogP contribution >= 0.6 is 0 Å². The van der Waals surface area contributed by atoms with Gasteiger partial charge in [0.1, 0.15) is 18.3 Å². The summed E-state index contributed by atoms with van der Waals surface area (Å²) in [5.41, 5.74) is 0. The molecule has 0 aromatic carbocycles. The van der Waals surface area contributed by atoms with Gasteiger partial charge in [-0.2, -0.15) is 0 Å². The number of hydrogen-bond donors (Lipinski definition) is 4. The molecule has 4 N–H and O–H groups in total. The molecule has 18 heavy (non-hydrogen) atoms. The first-order valence-electron chi connectivity index (χ1n) is 5.69. The van der Waals surface area contributed by atoms with Crippen LogP contribution in [0, 0.1) is 0 Å². The van der Waals surface area contributed by atoms with Crippen LogP contribution in [0.25, 0.3) is 0 Å². The van der Waals surface area contributed by atoms with Crippen molar-refractivity contribution in [2.75, 3.05) is 13.2 Å². The maximum atomic E-state index is 10.8. The Labute approximate surface area is 105 Å². The summed E-state index contributed by atoms with van der Waals surface area (Å²) in [5.74, 6) is -0.326. The van der Waals surface area contributed by atoms with Crippen LogP contribution in [0.4, 0.5) is 0 Å². The first-order chi connectivity index (χ1) is 8.47. The summed E-state index contributed by atoms with van der Waals surface area (Å²) >= 11 is 0. The Morgan fingerprint density at radius 1 is 1.39 bits per heavy atom. The summed E-state index contributed by atoms with van der Waals surface area (Å²) in [6, 6.07) is 0. The summed E-state index contributed by atoms with van der Waals surface area (Å²) in [7, 11) is 0. The summed E-state index contributed by atoms with van der Waals surface area (Å²) in [6.45, 7) is 5.19. The van der Waals surface area contributed by atoms with Gasteiger partial charge in [0.2, 0.25) is 5.91 Å². The van der Waals surface area contributed by atoms with E-state index < -0.39 is 30.7 Å². The van der Waals surface area contributed by atoms with E-state index >= 15 is 0 Å². The molecule has 1 rings (SSSR count). The number of hydrogen-bond acceptors (Lipinski definition) is 6. The maximum absolute atomic E-state index is 10.8. The van der Waals surface area contributed by atoms with Crippen LogP contribution < -0.4 is 5.32 Å². The van der Waals surface area contributed by atoms with Crippen molar-refractivity contribution in [2.24, 2.45) is 0 Å². The van der Waals surface area contributed by atoms with E-state index in [9.17, 15) is 20.1 Å². The fraction of sp³-hybridized carbons (Fsp3) is 0.727. The van der Waals surface area contributed by atoms with Gasteiger partial charge in [-0.1, -0.05) is 6.58 Å². The van der Waals surface area contributed by atoms with E-state index in [4.69, 9.17) is 9.47 Å². The molecular weight excluding hydrogens is 242 g/mol. The zero-order valence-electron chi connectivity index (χ0n) is 10.2. The van der Waals surface area contributed by atoms with Gasteiger partial charge in [-0.05, 0) is 13.0 Å². The van der Waals surface area contributed by atoms with Crippen LogP contribution in [0.2, 0.25) is 0 Å². The van der Waals surface area contributed by atoms with Gasteiger partial charge in [0.25, 0.3) is 0 Å². The van der Waals surface area contributed by atoms with Crippen molar-refractivity contribution in [3.05, 3.63) is 12.7 Å². The molecule has 1 aliphatic heterocycles. The minimum Gasteiger partial charge on any atom is -0.388 e. The zero-order chi connectivity index (χ0) is 13.7. The summed E-state index contributed by atoms with van der Waals surface area (Å²) in [5, 5.41) is 31.1. The van der Waals surface area contributed by atoms with Crippen molar-refractivity contribution in [1.82, 2.24) is 5.32 Å². The summed E-state index contributed by atoms with van der Waals surface area (Å²) in [6.07, 6.45) is -4.34. The Morgan fingerprint density at radius 2 is 2.06 bits per heavy atom. The van der Waals surface area contributed by atoms with Crippen LogP contribution in [0.3, 0.4) is 0 Å². The Kier molecular flexibility index (Phi) is 5.70. The van der Waals surface area contributed by atoms with Gasteiger partial charge >= 0.3 is 0 Å². The SMILES string of the molecule is C=CC(=O)NCCO[C@@H]1O[C@@H](C)[C@@H](O)[C@@H](O)[C@@H]1O. The van der Waals surface area contributed by atoms with Crippen LogP contribution in [0.15, 0.2) is 12.7 Å². The minimum atomic E-state index is -1.33. The number of aliphatic hydroxyl groups excluding tert-OH is 3. The number of ether oxygens (including phenoxy) is 2. The highest BCUT2D eigenvalue weighted by molar-refractivity contribution is 5.86. The molecule has 0 bridgehead atoms. The molecule has 0 aromatic heterocycles. The number of nitrogens with one attached hydrogen (secondary N) is 1. The molecule has 0 aliphatic carbocycles. The van der Waals surface area contributed by atoms with Crippen LogP contribution in [-0.2, 0) is 14.3 Å². The number of amides is 1. The molecule has 1 aliphatic rings. The Hall–Kier alpha value is -0.990. The normalized spacial score (nSPS) is 36.1. The van der Waals surface area contributed by atoms with Gasteiger partial charge < -0.3 is 30.1 Å². The van der Waals surface area contributed by atoms with Crippen molar-refractivity contribution >= 4 is 5.91 Å². The lowest BCUT2D eigenvalue weighted by atomic mass is 10.0. The van der Waals surface area contributed by atoms with Crippen molar-refractivity contribution in [3.8, 4) is 0 Å². The van der Waals surface area contributed by atoms with Gasteiger partial charge in [-0.25, -0.2) is 0 Å². The molecule has 0 spiro atoms. The molecular formula is C11H19NO6. The molecule has 0 saturated carbocycles. The monoisotopic (exact) mass is 261 g/mol. The van der Waals surface area contributed by atoms with E-state index in [1.54, 1.807) is 6.92 Å². The van der Waals surface area contributed by atoms with Crippen molar-refractivity contribution in [3.63, 3.8) is 0 Å². The van der Waals surface area contributed by atoms with Gasteiger partial charge in [0.05, 0.1) is 12.7 Å². The molecule has 5 atom stereocenters. The molecule has 7 nitrogen and oxygen atoms in total. The first-order valence-corrected chi connectivity index (χ1v) is 5.69. The van der Waals surface area contributed by atoms with Crippen LogP contribution in [-0.4, -0.2) is 65.1 Å². The molecule has 1 saturated heterocycles. The topological polar surface area (TPSA) is 108 Å². The molecule has 0 unspecified atom stereocenters. The molecule has 104 valence electrons. The van der Waals surface area contributed by atoms with E-state index in [1.165, 1.54) is 0 Å². The second-order valence-corrected chi connectivity index (χ2v) is 4.05. The number of aliphatic hydroxyl groups is 3. The van der Waals surface area contributed by atoms with E-state index in [-0.39, 0.29) is 19.1 Å². The summed E-state index contributed by atoms with van der Waals surface area (Å²) in [4.78, 5) is 10.8. The second kappa shape index (κ2) is 6.81. The smallest absolute Gasteiger partial charge is 0.243 e. The fourth-order valence-corrected chi connectivity index (χ4v) is 1.57. The lowest BCUT2D eigenvalue weighted by Gasteiger charge is -2.38. The standard InChI is InChI=1S/C11H19NO6/c1-3-7(13)12-4-5-17-11-10(16)9(15)8(14)6(2)18-11/h3,6,8-11,14-16H,1,4-5H2,2H3,(H,12,13)/t6-,8+,9+,10-,11+/m0/s1. The quantitative estimate of drug-likeness (QED) is 0.341. The molecule has 7 heteroatoms. The van der Waals surface area contributed by atoms with E-state index in [0.717, 1.165) is 6.08 Å². The Bertz CT molecular complexity index is 297. The highest BCUT2D eigenvalue weighted by Gasteiger charge is 2.42. The highest BCUT2D eigenvalue weighted by Crippen LogP contribution is 2.21. The van der Waals surface area contributed by atoms with E-state index in [2.05, 4.69) is 11.9 Å². The molecule has 1 fully saturated rings. The van der Waals surface area contributed by atoms with E-state index in [0.29, 0.717) is 0 Å². The third kappa shape index (κ3) is 3.76. The van der Waals surface area contributed by atoms with Crippen molar-refractivity contribution < 1.29 is 29.6 Å². The third-order valence-corrected chi connectivity index (χ3v) is 2.68. The van der Waals surface area contributed by atoms with Crippen LogP contribution in [0.5, 0.6) is 0 Å². The van der Waals surface area contributed by atoms with Gasteiger partial charge in [-0.15, -0.1) is 0 Å². The fourth-order valence-electron chi connectivity index (χ4n) is 1.57. The second-order valence-electron chi connectivity index (χ2n) is 4.05. The maximum Gasteiger partial charge on any atom is 0.243 e. The predicted octanol–water partition coefficient (Wildman–Crippen LogP) is -1.87.